The third kappa shape index (κ3) is 3.05. The van der Waals surface area contributed by atoms with Gasteiger partial charge in [-0.25, -0.2) is 0 Å². The van der Waals surface area contributed by atoms with Gasteiger partial charge in [-0.2, -0.15) is 0 Å². The van der Waals surface area contributed by atoms with Crippen LogP contribution >= 0.6 is 0 Å². The van der Waals surface area contributed by atoms with E-state index >= 15 is 0 Å². The number of ether oxygens (including phenoxy) is 1. The summed E-state index contributed by atoms with van der Waals surface area (Å²) >= 11 is 0. The Bertz CT molecular complexity index is 533. The van der Waals surface area contributed by atoms with E-state index in [1.807, 2.05) is 18.2 Å². The SMILES string of the molecule is ON=C1CCCc2c(OCC3(O)CCCCC3)cccc21. The molecule has 0 aliphatic heterocycles. The van der Waals surface area contributed by atoms with Crippen molar-refractivity contribution in [1.82, 2.24) is 0 Å². The number of hydrogen-bond acceptors (Lipinski definition) is 4. The number of benzene rings is 1. The number of oxime groups is 1. The van der Waals surface area contributed by atoms with Gasteiger partial charge in [0.05, 0.1) is 11.3 Å². The van der Waals surface area contributed by atoms with Gasteiger partial charge in [-0.3, -0.25) is 0 Å². The third-order valence-corrected chi connectivity index (χ3v) is 4.69. The van der Waals surface area contributed by atoms with E-state index in [0.717, 1.165) is 67.5 Å². The third-order valence-electron chi connectivity index (χ3n) is 4.69. The molecule has 1 saturated carbocycles. The first-order chi connectivity index (χ1) is 10.2. The van der Waals surface area contributed by atoms with Gasteiger partial charge in [0.25, 0.3) is 0 Å². The summed E-state index contributed by atoms with van der Waals surface area (Å²) in [7, 11) is 0. The number of rotatable bonds is 3. The highest BCUT2D eigenvalue weighted by Gasteiger charge is 2.30. The Morgan fingerprint density at radius 1 is 1.10 bits per heavy atom. The van der Waals surface area contributed by atoms with Gasteiger partial charge >= 0.3 is 0 Å². The Hall–Kier alpha value is -1.55. The smallest absolute Gasteiger partial charge is 0.123 e. The molecule has 21 heavy (non-hydrogen) atoms. The van der Waals surface area contributed by atoms with E-state index in [0.29, 0.717) is 6.61 Å². The minimum Gasteiger partial charge on any atom is -0.490 e. The van der Waals surface area contributed by atoms with Crippen LogP contribution in [0.4, 0.5) is 0 Å². The summed E-state index contributed by atoms with van der Waals surface area (Å²) in [6, 6.07) is 5.85. The highest BCUT2D eigenvalue weighted by atomic mass is 16.5. The lowest BCUT2D eigenvalue weighted by atomic mass is 9.85. The first-order valence-corrected chi connectivity index (χ1v) is 7.90. The molecule has 0 amide bonds. The monoisotopic (exact) mass is 289 g/mol. The quantitative estimate of drug-likeness (QED) is 0.663. The van der Waals surface area contributed by atoms with Crippen LogP contribution in [0.25, 0.3) is 0 Å². The van der Waals surface area contributed by atoms with E-state index in [1.165, 1.54) is 6.42 Å². The molecular weight excluding hydrogens is 266 g/mol. The summed E-state index contributed by atoms with van der Waals surface area (Å²) in [6.07, 6.45) is 7.72. The van der Waals surface area contributed by atoms with E-state index < -0.39 is 5.60 Å². The van der Waals surface area contributed by atoms with Gasteiger partial charge in [0.1, 0.15) is 12.4 Å². The summed E-state index contributed by atoms with van der Waals surface area (Å²) in [4.78, 5) is 0. The first kappa shape index (κ1) is 14.4. The Labute approximate surface area is 125 Å². The zero-order valence-corrected chi connectivity index (χ0v) is 12.3. The van der Waals surface area contributed by atoms with Crippen LogP contribution in [-0.4, -0.2) is 28.2 Å². The van der Waals surface area contributed by atoms with Crippen molar-refractivity contribution in [2.45, 2.75) is 57.0 Å². The molecule has 1 aromatic carbocycles. The van der Waals surface area contributed by atoms with E-state index in [-0.39, 0.29) is 0 Å². The molecule has 3 rings (SSSR count). The van der Waals surface area contributed by atoms with Crippen molar-refractivity contribution in [3.63, 3.8) is 0 Å². The molecule has 0 radical (unpaired) electrons. The Morgan fingerprint density at radius 2 is 1.90 bits per heavy atom. The maximum Gasteiger partial charge on any atom is 0.123 e. The molecule has 0 bridgehead atoms. The van der Waals surface area contributed by atoms with E-state index in [4.69, 9.17) is 9.94 Å². The fraction of sp³-hybridized carbons (Fsp3) is 0.588. The highest BCUT2D eigenvalue weighted by Crippen LogP contribution is 2.33. The topological polar surface area (TPSA) is 62.1 Å². The van der Waals surface area contributed by atoms with Gasteiger partial charge in [-0.15, -0.1) is 0 Å². The Balaban J connectivity index is 1.77. The predicted octanol–water partition coefficient (Wildman–Crippen LogP) is 3.28. The summed E-state index contributed by atoms with van der Waals surface area (Å²) in [5, 5.41) is 23.1. The van der Waals surface area contributed by atoms with Crippen LogP contribution in [0.3, 0.4) is 0 Å². The minimum absolute atomic E-state index is 0.356. The zero-order valence-electron chi connectivity index (χ0n) is 12.3. The standard InChI is InChI=1S/C17H23NO3/c19-17(10-2-1-3-11-17)12-21-16-9-5-6-13-14(16)7-4-8-15(13)18-20/h5-6,9,19-20H,1-4,7-8,10-12H2. The van der Waals surface area contributed by atoms with E-state index in [2.05, 4.69) is 5.16 Å². The van der Waals surface area contributed by atoms with Crippen LogP contribution < -0.4 is 4.74 Å². The van der Waals surface area contributed by atoms with E-state index in [1.54, 1.807) is 0 Å². The van der Waals surface area contributed by atoms with Crippen LogP contribution in [0.2, 0.25) is 0 Å². The van der Waals surface area contributed by atoms with Gasteiger partial charge < -0.3 is 15.1 Å². The number of hydrogen-bond donors (Lipinski definition) is 2. The molecule has 2 aliphatic carbocycles. The van der Waals surface area contributed by atoms with Crippen LogP contribution in [0.5, 0.6) is 5.75 Å². The van der Waals surface area contributed by atoms with Gasteiger partial charge in [-0.1, -0.05) is 36.6 Å². The molecule has 0 saturated heterocycles. The van der Waals surface area contributed by atoms with Crippen molar-refractivity contribution < 1.29 is 15.1 Å². The highest BCUT2D eigenvalue weighted by molar-refractivity contribution is 6.02. The molecule has 0 heterocycles. The molecule has 4 nitrogen and oxygen atoms in total. The zero-order chi connectivity index (χ0) is 14.7. The lowest BCUT2D eigenvalue weighted by Gasteiger charge is -2.32. The maximum absolute atomic E-state index is 10.5. The first-order valence-electron chi connectivity index (χ1n) is 7.90. The van der Waals surface area contributed by atoms with Crippen LogP contribution in [0, 0.1) is 0 Å². The molecule has 0 atom stereocenters. The summed E-state index contributed by atoms with van der Waals surface area (Å²) in [5.41, 5.74) is 2.15. The van der Waals surface area contributed by atoms with Crippen molar-refractivity contribution in [2.75, 3.05) is 6.61 Å². The van der Waals surface area contributed by atoms with Crippen molar-refractivity contribution in [2.24, 2.45) is 5.16 Å². The Kier molecular flexibility index (Phi) is 4.15. The van der Waals surface area contributed by atoms with Crippen LogP contribution in [-0.2, 0) is 6.42 Å². The fourth-order valence-corrected chi connectivity index (χ4v) is 3.47. The summed E-state index contributed by atoms with van der Waals surface area (Å²) < 4.78 is 5.95. The van der Waals surface area contributed by atoms with Crippen molar-refractivity contribution >= 4 is 5.71 Å². The summed E-state index contributed by atoms with van der Waals surface area (Å²) in [6.45, 7) is 0.356. The molecule has 1 fully saturated rings. The molecule has 0 aromatic heterocycles. The number of nitrogens with zero attached hydrogens (tertiary/aromatic N) is 1. The average molecular weight is 289 g/mol. The second-order valence-electron chi connectivity index (χ2n) is 6.26. The van der Waals surface area contributed by atoms with Gasteiger partial charge in [0.2, 0.25) is 0 Å². The lowest BCUT2D eigenvalue weighted by Crippen LogP contribution is -2.38. The van der Waals surface area contributed by atoms with Gasteiger partial charge in [0.15, 0.2) is 0 Å². The van der Waals surface area contributed by atoms with Crippen LogP contribution in [0.1, 0.15) is 56.1 Å². The molecule has 2 aliphatic rings. The van der Waals surface area contributed by atoms with E-state index in [9.17, 15) is 5.11 Å². The normalized spacial score (nSPS) is 22.8. The lowest BCUT2D eigenvalue weighted by molar-refractivity contribution is -0.0341. The molecule has 0 spiro atoms. The molecular formula is C17H23NO3. The van der Waals surface area contributed by atoms with Crippen molar-refractivity contribution in [3.8, 4) is 5.75 Å². The predicted molar refractivity (Wildman–Crippen MR) is 81.2 cm³/mol. The molecule has 0 unspecified atom stereocenters. The van der Waals surface area contributed by atoms with Crippen molar-refractivity contribution in [1.29, 1.82) is 0 Å². The fourth-order valence-electron chi connectivity index (χ4n) is 3.47. The average Bonchev–Trinajstić information content (AvgIpc) is 2.53. The van der Waals surface area contributed by atoms with Gasteiger partial charge in [0, 0.05) is 11.1 Å². The Morgan fingerprint density at radius 3 is 2.67 bits per heavy atom. The second-order valence-corrected chi connectivity index (χ2v) is 6.26. The minimum atomic E-state index is -0.677. The molecule has 4 heteroatoms. The van der Waals surface area contributed by atoms with Crippen molar-refractivity contribution in [3.05, 3.63) is 29.3 Å². The molecule has 2 N–H and O–H groups in total. The largest absolute Gasteiger partial charge is 0.490 e. The number of fused-ring (bicyclic) bond motifs is 1. The maximum atomic E-state index is 10.5. The molecule has 114 valence electrons. The van der Waals surface area contributed by atoms with Crippen LogP contribution in [0.15, 0.2) is 23.4 Å². The number of aliphatic hydroxyl groups is 1. The summed E-state index contributed by atoms with van der Waals surface area (Å²) in [5.74, 6) is 0.826. The second kappa shape index (κ2) is 6.06. The van der Waals surface area contributed by atoms with Gasteiger partial charge in [-0.05, 0) is 38.2 Å². The molecule has 1 aromatic rings.